The number of ether oxygens (including phenoxy) is 2. The summed E-state index contributed by atoms with van der Waals surface area (Å²) in [5.41, 5.74) is 5.58. The van der Waals surface area contributed by atoms with E-state index in [9.17, 15) is 0 Å². The van der Waals surface area contributed by atoms with Crippen LogP contribution in [0.5, 0.6) is 5.75 Å². The van der Waals surface area contributed by atoms with Gasteiger partial charge in [-0.3, -0.25) is 4.90 Å². The van der Waals surface area contributed by atoms with Gasteiger partial charge in [-0.15, -0.1) is 10.2 Å². The van der Waals surface area contributed by atoms with E-state index in [2.05, 4.69) is 77.5 Å². The van der Waals surface area contributed by atoms with E-state index in [1.54, 1.807) is 7.11 Å². The van der Waals surface area contributed by atoms with Gasteiger partial charge in [0.1, 0.15) is 11.5 Å². The molecule has 0 amide bonds. The molecule has 0 radical (unpaired) electrons. The highest BCUT2D eigenvalue weighted by atomic mass is 16.5. The Labute approximate surface area is 211 Å². The predicted octanol–water partition coefficient (Wildman–Crippen LogP) is 5.91. The number of benzene rings is 3. The van der Waals surface area contributed by atoms with Crippen molar-refractivity contribution >= 4 is 0 Å². The van der Waals surface area contributed by atoms with Crippen LogP contribution in [0.25, 0.3) is 22.9 Å². The molecule has 1 unspecified atom stereocenters. The predicted molar refractivity (Wildman–Crippen MR) is 138 cm³/mol. The molecule has 6 nitrogen and oxygen atoms in total. The zero-order valence-corrected chi connectivity index (χ0v) is 21.0. The second kappa shape index (κ2) is 8.87. The molecule has 1 atom stereocenters. The summed E-state index contributed by atoms with van der Waals surface area (Å²) in [7, 11) is 1.65. The summed E-state index contributed by atoms with van der Waals surface area (Å²) in [5.74, 6) is 1.84. The maximum Gasteiger partial charge on any atom is 0.248 e. The quantitative estimate of drug-likeness (QED) is 0.353. The number of rotatable bonds is 5. The number of aryl methyl sites for hydroxylation is 1. The van der Waals surface area contributed by atoms with Crippen LogP contribution in [-0.4, -0.2) is 40.1 Å². The van der Waals surface area contributed by atoms with Gasteiger partial charge in [-0.25, -0.2) is 0 Å². The van der Waals surface area contributed by atoms with Crippen molar-refractivity contribution in [2.45, 2.75) is 50.9 Å². The van der Waals surface area contributed by atoms with Crippen LogP contribution in [0.3, 0.4) is 0 Å². The molecule has 3 aromatic carbocycles. The lowest BCUT2D eigenvalue weighted by Gasteiger charge is -2.45. The molecule has 1 saturated heterocycles. The minimum absolute atomic E-state index is 0.000118. The fraction of sp³-hybridized carbons (Fsp3) is 0.333. The fourth-order valence-corrected chi connectivity index (χ4v) is 5.68. The van der Waals surface area contributed by atoms with Crippen LogP contribution in [-0.2, 0) is 24.1 Å². The Bertz CT molecular complexity index is 1360. The van der Waals surface area contributed by atoms with Crippen LogP contribution < -0.4 is 4.74 Å². The van der Waals surface area contributed by atoms with Gasteiger partial charge >= 0.3 is 0 Å². The topological polar surface area (TPSA) is 60.6 Å². The summed E-state index contributed by atoms with van der Waals surface area (Å²) in [6.45, 7) is 6.03. The Morgan fingerprint density at radius 1 is 0.889 bits per heavy atom. The van der Waals surface area contributed by atoms with Crippen molar-refractivity contribution in [1.29, 1.82) is 0 Å². The zero-order chi connectivity index (χ0) is 24.8. The second-order valence-corrected chi connectivity index (χ2v) is 10.3. The summed E-state index contributed by atoms with van der Waals surface area (Å²) in [6, 6.07) is 24.9. The fourth-order valence-electron chi connectivity index (χ4n) is 5.68. The zero-order valence-electron chi connectivity index (χ0n) is 21.0. The number of hydrogen-bond donors (Lipinski definition) is 0. The van der Waals surface area contributed by atoms with Crippen molar-refractivity contribution in [2.75, 3.05) is 13.7 Å². The maximum absolute atomic E-state index is 6.37. The van der Waals surface area contributed by atoms with E-state index in [1.165, 1.54) is 16.7 Å². The highest BCUT2D eigenvalue weighted by Gasteiger charge is 2.52. The molecule has 1 spiro atoms. The molecule has 6 rings (SSSR count). The van der Waals surface area contributed by atoms with Crippen LogP contribution >= 0.6 is 0 Å². The van der Waals surface area contributed by atoms with Crippen molar-refractivity contribution in [3.8, 4) is 28.7 Å². The number of fused-ring (bicyclic) bond motifs is 1. The van der Waals surface area contributed by atoms with Crippen LogP contribution in [0.1, 0.15) is 37.0 Å². The highest BCUT2D eigenvalue weighted by molar-refractivity contribution is 5.60. The Hall–Kier alpha value is -3.48. The van der Waals surface area contributed by atoms with Crippen molar-refractivity contribution in [2.24, 2.45) is 0 Å². The second-order valence-electron chi connectivity index (χ2n) is 10.3. The van der Waals surface area contributed by atoms with E-state index in [4.69, 9.17) is 13.9 Å². The third kappa shape index (κ3) is 4.10. The van der Waals surface area contributed by atoms with Gasteiger partial charge in [0.15, 0.2) is 0 Å². The van der Waals surface area contributed by atoms with E-state index in [0.717, 1.165) is 49.3 Å². The largest absolute Gasteiger partial charge is 0.497 e. The SMILES string of the molecule is COc1ccc(-c2nnc(-c3ccc4c(c3)CCC3(COC(C)(C)N3Cc3ccccc3)C4)o2)cc1. The Balaban J connectivity index is 1.24. The van der Waals surface area contributed by atoms with Crippen LogP contribution in [0.15, 0.2) is 77.2 Å². The molecule has 2 heterocycles. The first-order chi connectivity index (χ1) is 17.5. The van der Waals surface area contributed by atoms with Crippen LogP contribution in [0, 0.1) is 0 Å². The third-order valence-electron chi connectivity index (χ3n) is 7.69. The standard InChI is InChI=1S/C30H31N3O3/c1-29(2)33(19-21-7-5-4-6-8-21)30(20-35-29)16-15-23-17-24(9-10-25(23)18-30)28-32-31-27(36-28)22-11-13-26(34-3)14-12-22/h4-14,17H,15-16,18-20H2,1-3H3. The summed E-state index contributed by atoms with van der Waals surface area (Å²) in [5, 5.41) is 8.60. The molecule has 36 heavy (non-hydrogen) atoms. The van der Waals surface area contributed by atoms with Gasteiger partial charge in [-0.2, -0.15) is 0 Å². The minimum atomic E-state index is -0.297. The molecular weight excluding hydrogens is 450 g/mol. The first-order valence-corrected chi connectivity index (χ1v) is 12.5. The Morgan fingerprint density at radius 3 is 2.36 bits per heavy atom. The molecule has 1 aliphatic carbocycles. The summed E-state index contributed by atoms with van der Waals surface area (Å²) >= 11 is 0. The molecule has 184 valence electrons. The van der Waals surface area contributed by atoms with Gasteiger partial charge in [0.05, 0.1) is 19.3 Å². The highest BCUT2D eigenvalue weighted by Crippen LogP contribution is 2.44. The molecule has 0 N–H and O–H groups in total. The molecule has 1 fully saturated rings. The number of methoxy groups -OCH3 is 1. The third-order valence-corrected chi connectivity index (χ3v) is 7.69. The number of hydrogen-bond acceptors (Lipinski definition) is 6. The maximum atomic E-state index is 6.37. The van der Waals surface area contributed by atoms with E-state index >= 15 is 0 Å². The van der Waals surface area contributed by atoms with Gasteiger partial charge in [0.2, 0.25) is 11.8 Å². The average Bonchev–Trinajstić information content (AvgIpc) is 3.49. The van der Waals surface area contributed by atoms with Crippen LogP contribution in [0.4, 0.5) is 0 Å². The lowest BCUT2D eigenvalue weighted by Crippen LogP contribution is -2.54. The summed E-state index contributed by atoms with van der Waals surface area (Å²) in [6.07, 6.45) is 3.02. The summed E-state index contributed by atoms with van der Waals surface area (Å²) in [4.78, 5) is 2.57. The molecule has 1 aromatic heterocycles. The molecule has 0 bridgehead atoms. The number of nitrogens with zero attached hydrogens (tertiary/aromatic N) is 3. The Morgan fingerprint density at radius 2 is 1.61 bits per heavy atom. The smallest absolute Gasteiger partial charge is 0.248 e. The van der Waals surface area contributed by atoms with Gasteiger partial charge in [-0.05, 0) is 86.2 Å². The van der Waals surface area contributed by atoms with Crippen molar-refractivity contribution in [1.82, 2.24) is 15.1 Å². The average molecular weight is 482 g/mol. The van der Waals surface area contributed by atoms with Crippen molar-refractivity contribution in [3.63, 3.8) is 0 Å². The van der Waals surface area contributed by atoms with Crippen LogP contribution in [0.2, 0.25) is 0 Å². The van der Waals surface area contributed by atoms with Crippen molar-refractivity contribution in [3.05, 3.63) is 89.5 Å². The van der Waals surface area contributed by atoms with E-state index in [-0.39, 0.29) is 11.3 Å². The Kier molecular flexibility index (Phi) is 5.66. The van der Waals surface area contributed by atoms with Gasteiger partial charge in [0, 0.05) is 17.7 Å². The molecule has 2 aliphatic rings. The summed E-state index contributed by atoms with van der Waals surface area (Å²) < 4.78 is 17.6. The van der Waals surface area contributed by atoms with Gasteiger partial charge in [-0.1, -0.05) is 36.4 Å². The lowest BCUT2D eigenvalue weighted by molar-refractivity contribution is -0.0673. The van der Waals surface area contributed by atoms with E-state index < -0.39 is 0 Å². The monoisotopic (exact) mass is 481 g/mol. The lowest BCUT2D eigenvalue weighted by atomic mass is 9.76. The molecular formula is C30H31N3O3. The normalized spacial score (nSPS) is 21.0. The van der Waals surface area contributed by atoms with Crippen molar-refractivity contribution < 1.29 is 13.9 Å². The van der Waals surface area contributed by atoms with E-state index in [0.29, 0.717) is 11.8 Å². The van der Waals surface area contributed by atoms with Gasteiger partial charge < -0.3 is 13.9 Å². The first kappa shape index (κ1) is 23.0. The minimum Gasteiger partial charge on any atom is -0.497 e. The van der Waals surface area contributed by atoms with E-state index in [1.807, 2.05) is 24.3 Å². The molecule has 0 saturated carbocycles. The first-order valence-electron chi connectivity index (χ1n) is 12.5. The molecule has 6 heteroatoms. The van der Waals surface area contributed by atoms with Gasteiger partial charge in [0.25, 0.3) is 0 Å². The molecule has 1 aliphatic heterocycles. The number of aromatic nitrogens is 2. The molecule has 4 aromatic rings.